The summed E-state index contributed by atoms with van der Waals surface area (Å²) in [6.45, 7) is 3.58. The highest BCUT2D eigenvalue weighted by Gasteiger charge is 2.08. The van der Waals surface area contributed by atoms with Gasteiger partial charge in [0, 0.05) is 21.5 Å². The first-order chi connectivity index (χ1) is 6.65. The van der Waals surface area contributed by atoms with Crippen LogP contribution in [0.2, 0.25) is 5.02 Å². The Morgan fingerprint density at radius 2 is 2.29 bits per heavy atom. The minimum absolute atomic E-state index is 0.105. The lowest BCUT2D eigenvalue weighted by Gasteiger charge is -2.02. The molecule has 3 heteroatoms. The van der Waals surface area contributed by atoms with Gasteiger partial charge in [-0.2, -0.15) is 0 Å². The number of ketones is 1. The van der Waals surface area contributed by atoms with Gasteiger partial charge in [0.1, 0.15) is 0 Å². The van der Waals surface area contributed by atoms with Crippen molar-refractivity contribution in [2.24, 2.45) is 0 Å². The van der Waals surface area contributed by atoms with E-state index in [9.17, 15) is 4.79 Å². The first kappa shape index (κ1) is 11.5. The summed E-state index contributed by atoms with van der Waals surface area (Å²) in [6.07, 6.45) is 2.93. The molecule has 74 valence electrons. The predicted molar refractivity (Wildman–Crippen MR) is 62.9 cm³/mol. The van der Waals surface area contributed by atoms with E-state index in [1.54, 1.807) is 24.3 Å². The monoisotopic (exact) mass is 272 g/mol. The van der Waals surface area contributed by atoms with E-state index in [1.807, 2.05) is 0 Å². The number of rotatable bonds is 4. The second kappa shape index (κ2) is 5.32. The molecule has 0 radical (unpaired) electrons. The Labute approximate surface area is 96.9 Å². The van der Waals surface area contributed by atoms with Gasteiger partial charge < -0.3 is 0 Å². The average molecular weight is 274 g/mol. The Balaban J connectivity index is 2.84. The maximum absolute atomic E-state index is 11.6. The standard InChI is InChI=1S/C11H10BrClO/c1-2-3-4-11(14)9-6-5-8(13)7-10(9)12/h2,5-7H,1,3-4H2. The van der Waals surface area contributed by atoms with Gasteiger partial charge in [-0.15, -0.1) is 6.58 Å². The van der Waals surface area contributed by atoms with Crippen molar-refractivity contribution in [1.82, 2.24) is 0 Å². The molecular formula is C11H10BrClO. The highest BCUT2D eigenvalue weighted by atomic mass is 79.9. The number of halogens is 2. The van der Waals surface area contributed by atoms with Crippen LogP contribution >= 0.6 is 27.5 Å². The Morgan fingerprint density at radius 1 is 1.57 bits per heavy atom. The first-order valence-electron chi connectivity index (χ1n) is 4.24. The van der Waals surface area contributed by atoms with Crippen LogP contribution in [0.25, 0.3) is 0 Å². The molecule has 1 rings (SSSR count). The summed E-state index contributed by atoms with van der Waals surface area (Å²) >= 11 is 9.08. The van der Waals surface area contributed by atoms with E-state index >= 15 is 0 Å². The van der Waals surface area contributed by atoms with E-state index in [-0.39, 0.29) is 5.78 Å². The van der Waals surface area contributed by atoms with Gasteiger partial charge in [0.2, 0.25) is 0 Å². The van der Waals surface area contributed by atoms with Crippen molar-refractivity contribution >= 4 is 33.3 Å². The summed E-state index contributed by atoms with van der Waals surface area (Å²) in [4.78, 5) is 11.6. The molecule has 1 nitrogen and oxygen atoms in total. The maximum atomic E-state index is 11.6. The van der Waals surface area contributed by atoms with Crippen LogP contribution in [0.15, 0.2) is 35.3 Å². The topological polar surface area (TPSA) is 17.1 Å². The molecule has 0 atom stereocenters. The number of Topliss-reactive ketones (excluding diaryl/α,β-unsaturated/α-hetero) is 1. The minimum Gasteiger partial charge on any atom is -0.294 e. The fourth-order valence-corrected chi connectivity index (χ4v) is 1.99. The largest absolute Gasteiger partial charge is 0.294 e. The van der Waals surface area contributed by atoms with Crippen molar-refractivity contribution < 1.29 is 4.79 Å². The molecule has 0 aliphatic carbocycles. The van der Waals surface area contributed by atoms with Crippen molar-refractivity contribution in [1.29, 1.82) is 0 Å². The van der Waals surface area contributed by atoms with E-state index in [4.69, 9.17) is 11.6 Å². The van der Waals surface area contributed by atoms with E-state index in [2.05, 4.69) is 22.5 Å². The maximum Gasteiger partial charge on any atom is 0.164 e. The molecule has 0 aliphatic rings. The Bertz CT molecular complexity index is 360. The number of allylic oxidation sites excluding steroid dienone is 1. The average Bonchev–Trinajstić information content (AvgIpc) is 2.14. The zero-order valence-corrected chi connectivity index (χ0v) is 9.94. The quantitative estimate of drug-likeness (QED) is 0.592. The van der Waals surface area contributed by atoms with Crippen LogP contribution < -0.4 is 0 Å². The van der Waals surface area contributed by atoms with E-state index in [0.29, 0.717) is 23.4 Å². The predicted octanol–water partition coefficient (Wildman–Crippen LogP) is 4.25. The van der Waals surface area contributed by atoms with Crippen molar-refractivity contribution in [3.05, 3.63) is 45.9 Å². The van der Waals surface area contributed by atoms with Gasteiger partial charge >= 0.3 is 0 Å². The molecule has 0 aromatic heterocycles. The Morgan fingerprint density at radius 3 is 2.86 bits per heavy atom. The van der Waals surface area contributed by atoms with Crippen LogP contribution in [0.1, 0.15) is 23.2 Å². The normalized spacial score (nSPS) is 9.86. The summed E-state index contributed by atoms with van der Waals surface area (Å²) in [6, 6.07) is 5.17. The van der Waals surface area contributed by atoms with Gasteiger partial charge in [0.15, 0.2) is 5.78 Å². The number of benzene rings is 1. The zero-order chi connectivity index (χ0) is 10.6. The SMILES string of the molecule is C=CCCC(=O)c1ccc(Cl)cc1Br. The molecule has 0 saturated carbocycles. The van der Waals surface area contributed by atoms with Gasteiger partial charge in [-0.1, -0.05) is 17.7 Å². The van der Waals surface area contributed by atoms with Gasteiger partial charge in [-0.05, 0) is 40.5 Å². The summed E-state index contributed by atoms with van der Waals surface area (Å²) in [5, 5.41) is 0.622. The van der Waals surface area contributed by atoms with Gasteiger partial charge in [0.05, 0.1) is 0 Å². The van der Waals surface area contributed by atoms with Gasteiger partial charge in [-0.25, -0.2) is 0 Å². The first-order valence-corrected chi connectivity index (χ1v) is 5.41. The molecule has 0 unspecified atom stereocenters. The number of hydrogen-bond donors (Lipinski definition) is 0. The van der Waals surface area contributed by atoms with E-state index < -0.39 is 0 Å². The highest BCUT2D eigenvalue weighted by Crippen LogP contribution is 2.22. The molecule has 1 aromatic rings. The third kappa shape index (κ3) is 2.96. The molecular weight excluding hydrogens is 263 g/mol. The number of carbonyl (C=O) groups is 1. The summed E-state index contributed by atoms with van der Waals surface area (Å²) < 4.78 is 0.749. The van der Waals surface area contributed by atoms with Crippen LogP contribution in [0, 0.1) is 0 Å². The third-order valence-electron chi connectivity index (χ3n) is 1.81. The lowest BCUT2D eigenvalue weighted by atomic mass is 10.1. The molecule has 14 heavy (non-hydrogen) atoms. The van der Waals surface area contributed by atoms with Crippen LogP contribution in [-0.4, -0.2) is 5.78 Å². The second-order valence-electron chi connectivity index (χ2n) is 2.87. The molecule has 0 aliphatic heterocycles. The lowest BCUT2D eigenvalue weighted by Crippen LogP contribution is -1.99. The molecule has 0 fully saturated rings. The van der Waals surface area contributed by atoms with Crippen LogP contribution in [-0.2, 0) is 0 Å². The molecule has 0 spiro atoms. The molecule has 0 N–H and O–H groups in total. The summed E-state index contributed by atoms with van der Waals surface area (Å²) in [7, 11) is 0. The zero-order valence-electron chi connectivity index (χ0n) is 7.59. The molecule has 0 saturated heterocycles. The highest BCUT2D eigenvalue weighted by molar-refractivity contribution is 9.10. The van der Waals surface area contributed by atoms with E-state index in [0.717, 1.165) is 4.47 Å². The van der Waals surface area contributed by atoms with Crippen LogP contribution in [0.5, 0.6) is 0 Å². The molecule has 1 aromatic carbocycles. The summed E-state index contributed by atoms with van der Waals surface area (Å²) in [5.74, 6) is 0.105. The molecule has 0 heterocycles. The summed E-state index contributed by atoms with van der Waals surface area (Å²) in [5.41, 5.74) is 0.677. The van der Waals surface area contributed by atoms with Crippen LogP contribution in [0.4, 0.5) is 0 Å². The Kier molecular flexibility index (Phi) is 4.36. The second-order valence-corrected chi connectivity index (χ2v) is 4.17. The van der Waals surface area contributed by atoms with Crippen molar-refractivity contribution in [2.75, 3.05) is 0 Å². The van der Waals surface area contributed by atoms with Crippen molar-refractivity contribution in [3.8, 4) is 0 Å². The van der Waals surface area contributed by atoms with Gasteiger partial charge in [0.25, 0.3) is 0 Å². The van der Waals surface area contributed by atoms with Crippen molar-refractivity contribution in [2.45, 2.75) is 12.8 Å². The third-order valence-corrected chi connectivity index (χ3v) is 2.70. The number of hydrogen-bond acceptors (Lipinski definition) is 1. The minimum atomic E-state index is 0.105. The fraction of sp³-hybridized carbons (Fsp3) is 0.182. The molecule has 0 amide bonds. The van der Waals surface area contributed by atoms with E-state index in [1.165, 1.54) is 0 Å². The lowest BCUT2D eigenvalue weighted by molar-refractivity contribution is 0.0983. The number of carbonyl (C=O) groups excluding carboxylic acids is 1. The fourth-order valence-electron chi connectivity index (χ4n) is 1.08. The van der Waals surface area contributed by atoms with Crippen molar-refractivity contribution in [3.63, 3.8) is 0 Å². The van der Waals surface area contributed by atoms with Crippen LogP contribution in [0.3, 0.4) is 0 Å². The smallest absolute Gasteiger partial charge is 0.164 e. The molecule has 0 bridgehead atoms. The Hall–Kier alpha value is -0.600. The van der Waals surface area contributed by atoms with Gasteiger partial charge in [-0.3, -0.25) is 4.79 Å².